The molecule has 1 aromatic heterocycles. The monoisotopic (exact) mass is 329 g/mol. The summed E-state index contributed by atoms with van der Waals surface area (Å²) in [6.07, 6.45) is 1.55. The maximum atomic E-state index is 12.7. The van der Waals surface area contributed by atoms with E-state index in [0.29, 0.717) is 6.42 Å². The number of aromatic nitrogens is 2. The van der Waals surface area contributed by atoms with Gasteiger partial charge in [0.1, 0.15) is 12.0 Å². The summed E-state index contributed by atoms with van der Waals surface area (Å²) >= 11 is 0. The van der Waals surface area contributed by atoms with E-state index < -0.39 is 19.5 Å². The minimum Gasteiger partial charge on any atom is -0.383 e. The minimum absolute atomic E-state index is 0.125. The predicted octanol–water partition coefficient (Wildman–Crippen LogP) is 1.38. The van der Waals surface area contributed by atoms with Crippen LogP contribution in [-0.2, 0) is 18.3 Å². The second-order valence-electron chi connectivity index (χ2n) is 5.93. The Hall–Kier alpha value is -1.21. The lowest BCUT2D eigenvalue weighted by atomic mass is 10.1. The van der Waals surface area contributed by atoms with Gasteiger partial charge < -0.3 is 19.5 Å². The number of nitrogens with two attached hydrogens (primary N) is 1. The maximum absolute atomic E-state index is 12.7. The number of hydrogen-bond acceptors (Lipinski definition) is 7. The van der Waals surface area contributed by atoms with E-state index in [0.717, 1.165) is 0 Å². The average Bonchev–Trinajstić information content (AvgIpc) is 2.69. The van der Waals surface area contributed by atoms with Gasteiger partial charge in [0.15, 0.2) is 0 Å². The van der Waals surface area contributed by atoms with Crippen LogP contribution in [-0.4, -0.2) is 34.5 Å². The molecule has 9 heteroatoms. The molecule has 1 aromatic rings. The lowest BCUT2D eigenvalue weighted by Crippen LogP contribution is -2.32. The van der Waals surface area contributed by atoms with E-state index in [9.17, 15) is 9.36 Å². The maximum Gasteiger partial charge on any atom is 0.351 e. The van der Waals surface area contributed by atoms with Crippen molar-refractivity contribution in [2.45, 2.75) is 38.7 Å². The van der Waals surface area contributed by atoms with Crippen LogP contribution >= 0.6 is 7.60 Å². The van der Waals surface area contributed by atoms with E-state index in [1.54, 1.807) is 12.3 Å². The second kappa shape index (κ2) is 5.77. The van der Waals surface area contributed by atoms with Crippen LogP contribution in [0.1, 0.15) is 26.5 Å². The van der Waals surface area contributed by atoms with Crippen LogP contribution in [0.2, 0.25) is 0 Å². The molecule has 3 heterocycles. The number of ether oxygens (including phenoxy) is 1. The van der Waals surface area contributed by atoms with Crippen molar-refractivity contribution in [3.8, 4) is 0 Å². The molecule has 2 bridgehead atoms. The quantitative estimate of drug-likeness (QED) is 0.835. The van der Waals surface area contributed by atoms with Gasteiger partial charge in [0.25, 0.3) is 0 Å². The van der Waals surface area contributed by atoms with Crippen molar-refractivity contribution in [2.24, 2.45) is 5.92 Å². The van der Waals surface area contributed by atoms with E-state index in [1.165, 1.54) is 4.57 Å². The van der Waals surface area contributed by atoms with Crippen molar-refractivity contribution >= 4 is 13.4 Å². The normalized spacial score (nSPS) is 34.8. The predicted molar refractivity (Wildman–Crippen MR) is 79.6 cm³/mol. The van der Waals surface area contributed by atoms with Gasteiger partial charge in [-0.1, -0.05) is 0 Å². The fraction of sp³-hybridized carbons (Fsp3) is 0.692. The zero-order chi connectivity index (χ0) is 15.9. The first-order valence-corrected chi connectivity index (χ1v) is 9.01. The molecule has 22 heavy (non-hydrogen) atoms. The highest BCUT2D eigenvalue weighted by molar-refractivity contribution is 7.53. The van der Waals surface area contributed by atoms with Crippen LogP contribution in [0.25, 0.3) is 0 Å². The van der Waals surface area contributed by atoms with Gasteiger partial charge in [-0.3, -0.25) is 9.13 Å². The Morgan fingerprint density at radius 3 is 3.00 bits per heavy atom. The van der Waals surface area contributed by atoms with Crippen molar-refractivity contribution in [3.63, 3.8) is 0 Å². The molecule has 4 atom stereocenters. The number of nitrogen functional groups attached to an aromatic ring is 1. The molecule has 4 unspecified atom stereocenters. The fourth-order valence-corrected chi connectivity index (χ4v) is 5.13. The van der Waals surface area contributed by atoms with Crippen molar-refractivity contribution in [1.29, 1.82) is 0 Å². The van der Waals surface area contributed by atoms with E-state index in [1.807, 2.05) is 13.8 Å². The molecule has 2 fully saturated rings. The first kappa shape index (κ1) is 15.7. The summed E-state index contributed by atoms with van der Waals surface area (Å²) in [5.74, 6) is 0.0387. The highest BCUT2D eigenvalue weighted by Gasteiger charge is 2.46. The number of rotatable bonds is 3. The van der Waals surface area contributed by atoms with Gasteiger partial charge in [0.05, 0.1) is 25.0 Å². The molecule has 0 amide bonds. The van der Waals surface area contributed by atoms with Gasteiger partial charge in [0.2, 0.25) is 0 Å². The molecule has 2 saturated heterocycles. The average molecular weight is 329 g/mol. The Labute approximate surface area is 128 Å². The van der Waals surface area contributed by atoms with E-state index in [-0.39, 0.29) is 36.7 Å². The molecular formula is C13H20N3O5P. The van der Waals surface area contributed by atoms with E-state index in [2.05, 4.69) is 4.98 Å². The Balaban J connectivity index is 1.87. The molecular weight excluding hydrogens is 309 g/mol. The van der Waals surface area contributed by atoms with Crippen LogP contribution in [0.3, 0.4) is 0 Å². The lowest BCUT2D eigenvalue weighted by Gasteiger charge is -2.27. The zero-order valence-electron chi connectivity index (χ0n) is 12.5. The van der Waals surface area contributed by atoms with Crippen LogP contribution < -0.4 is 11.4 Å². The Bertz CT molecular complexity index is 661. The molecule has 0 radical (unpaired) electrons. The van der Waals surface area contributed by atoms with Gasteiger partial charge >= 0.3 is 13.3 Å². The van der Waals surface area contributed by atoms with Crippen LogP contribution in [0, 0.1) is 5.92 Å². The SMILES string of the molecule is CC(C)OP1(=O)CC2CC(CO1)OC2n1ccc(N)nc1=O. The van der Waals surface area contributed by atoms with E-state index in [4.69, 9.17) is 19.5 Å². The molecule has 0 aromatic carbocycles. The molecule has 0 aliphatic carbocycles. The number of fused-ring (bicyclic) bond motifs is 2. The van der Waals surface area contributed by atoms with Gasteiger partial charge in [-0.25, -0.2) is 4.79 Å². The number of hydrogen-bond donors (Lipinski definition) is 1. The summed E-state index contributed by atoms with van der Waals surface area (Å²) in [5.41, 5.74) is 5.03. The van der Waals surface area contributed by atoms with Crippen LogP contribution in [0.5, 0.6) is 0 Å². The Morgan fingerprint density at radius 1 is 1.55 bits per heavy atom. The number of nitrogens with zero attached hydrogens (tertiary/aromatic N) is 2. The topological polar surface area (TPSA) is 106 Å². The highest BCUT2D eigenvalue weighted by atomic mass is 31.2. The Morgan fingerprint density at radius 2 is 2.32 bits per heavy atom. The molecule has 3 rings (SSSR count). The van der Waals surface area contributed by atoms with Gasteiger partial charge in [-0.2, -0.15) is 4.98 Å². The smallest absolute Gasteiger partial charge is 0.351 e. The lowest BCUT2D eigenvalue weighted by molar-refractivity contribution is -0.0389. The molecule has 0 saturated carbocycles. The third-order valence-corrected chi connectivity index (χ3v) is 5.91. The largest absolute Gasteiger partial charge is 0.383 e. The summed E-state index contributed by atoms with van der Waals surface area (Å²) in [7, 11) is -3.18. The van der Waals surface area contributed by atoms with Crippen molar-refractivity contribution in [3.05, 3.63) is 22.7 Å². The number of anilines is 1. The van der Waals surface area contributed by atoms with Gasteiger partial charge in [-0.05, 0) is 26.3 Å². The fourth-order valence-electron chi connectivity index (χ4n) is 2.93. The summed E-state index contributed by atoms with van der Waals surface area (Å²) in [4.78, 5) is 15.7. The van der Waals surface area contributed by atoms with Crippen LogP contribution in [0.4, 0.5) is 5.82 Å². The second-order valence-corrected chi connectivity index (χ2v) is 7.99. The summed E-state index contributed by atoms with van der Waals surface area (Å²) in [6, 6.07) is 1.54. The molecule has 2 aliphatic heterocycles. The molecule has 2 aliphatic rings. The summed E-state index contributed by atoms with van der Waals surface area (Å²) < 4.78 is 30.9. The molecule has 0 spiro atoms. The third kappa shape index (κ3) is 3.10. The first-order valence-electron chi connectivity index (χ1n) is 7.28. The molecule has 122 valence electrons. The zero-order valence-corrected chi connectivity index (χ0v) is 13.4. The molecule has 2 N–H and O–H groups in total. The highest BCUT2D eigenvalue weighted by Crippen LogP contribution is 2.57. The van der Waals surface area contributed by atoms with Crippen molar-refractivity contribution in [2.75, 3.05) is 18.5 Å². The third-order valence-electron chi connectivity index (χ3n) is 3.71. The standard InChI is InChI=1S/C13H20N3O5P/c1-8(2)21-22(18)7-9-5-10(6-19-22)20-12(9)16-4-3-11(14)15-13(16)17/h3-4,8-10,12H,5-7H2,1-2H3,(H2,14,15,17). The van der Waals surface area contributed by atoms with Gasteiger partial charge in [-0.15, -0.1) is 0 Å². The van der Waals surface area contributed by atoms with Crippen LogP contribution in [0.15, 0.2) is 17.1 Å². The Kier molecular flexibility index (Phi) is 4.11. The summed E-state index contributed by atoms with van der Waals surface area (Å²) in [5, 5.41) is 0. The van der Waals surface area contributed by atoms with Crippen molar-refractivity contribution in [1.82, 2.24) is 9.55 Å². The van der Waals surface area contributed by atoms with E-state index >= 15 is 0 Å². The van der Waals surface area contributed by atoms with Crippen molar-refractivity contribution < 1.29 is 18.3 Å². The molecule has 8 nitrogen and oxygen atoms in total. The minimum atomic E-state index is -3.18. The van der Waals surface area contributed by atoms with Gasteiger partial charge in [0, 0.05) is 12.1 Å². The first-order chi connectivity index (χ1) is 10.4. The summed E-state index contributed by atoms with van der Waals surface area (Å²) in [6.45, 7) is 3.83.